The molecule has 1 aliphatic rings. The van der Waals surface area contributed by atoms with Gasteiger partial charge in [-0.1, -0.05) is 6.92 Å². The quantitative estimate of drug-likeness (QED) is 0.410. The number of primary amides is 1. The van der Waals surface area contributed by atoms with Gasteiger partial charge in [0.1, 0.15) is 0 Å². The molecule has 3 atom stereocenters. The van der Waals surface area contributed by atoms with Gasteiger partial charge in [-0.25, -0.2) is 0 Å². The van der Waals surface area contributed by atoms with Gasteiger partial charge in [0.2, 0.25) is 17.7 Å². The number of amides is 3. The fraction of sp³-hybridized carbons (Fsp3) is 0.591. The van der Waals surface area contributed by atoms with Crippen LogP contribution < -0.4 is 16.4 Å². The third-order valence-corrected chi connectivity index (χ3v) is 4.87. The number of aryl methyl sites for hydroxylation is 1. The maximum absolute atomic E-state index is 12.5. The summed E-state index contributed by atoms with van der Waals surface area (Å²) in [6.45, 7) is 3.56. The Balaban J connectivity index is 0.00000118. The van der Waals surface area contributed by atoms with Crippen molar-refractivity contribution in [3.8, 4) is 0 Å². The van der Waals surface area contributed by atoms with Gasteiger partial charge in [0.15, 0.2) is 0 Å². The van der Waals surface area contributed by atoms with E-state index >= 15 is 0 Å². The highest BCUT2D eigenvalue weighted by Crippen LogP contribution is 2.27. The highest BCUT2D eigenvalue weighted by atomic mass is 16.5. The number of hydrogen-bond donors (Lipinski definition) is 4. The minimum Gasteiger partial charge on any atom is -0.481 e. The Labute approximate surface area is 188 Å². The first kappa shape index (κ1) is 27.0. The molecule has 5 N–H and O–H groups in total. The number of nitrogens with two attached hydrogens (primary N) is 1. The highest BCUT2D eigenvalue weighted by Gasteiger charge is 2.35. The van der Waals surface area contributed by atoms with Gasteiger partial charge < -0.3 is 26.2 Å². The summed E-state index contributed by atoms with van der Waals surface area (Å²) in [5.41, 5.74) is 6.14. The van der Waals surface area contributed by atoms with Gasteiger partial charge in [-0.2, -0.15) is 0 Å². The zero-order valence-corrected chi connectivity index (χ0v) is 18.7. The smallest absolute Gasteiger partial charge is 0.300 e. The minimum atomic E-state index is -0.833. The molecule has 0 radical (unpaired) electrons. The van der Waals surface area contributed by atoms with Crippen molar-refractivity contribution in [2.24, 2.45) is 11.7 Å². The van der Waals surface area contributed by atoms with Crippen molar-refractivity contribution in [1.29, 1.82) is 0 Å². The van der Waals surface area contributed by atoms with E-state index in [-0.39, 0.29) is 36.4 Å². The lowest BCUT2D eigenvalue weighted by Gasteiger charge is -2.36. The minimum absolute atomic E-state index is 0.0647. The van der Waals surface area contributed by atoms with Crippen LogP contribution in [-0.4, -0.2) is 59.1 Å². The predicted octanol–water partition coefficient (Wildman–Crippen LogP) is 0.787. The molecule has 1 aromatic rings. The Bertz CT molecular complexity index is 739. The van der Waals surface area contributed by atoms with Gasteiger partial charge in [0.25, 0.3) is 5.97 Å². The van der Waals surface area contributed by atoms with E-state index in [4.69, 9.17) is 20.4 Å². The van der Waals surface area contributed by atoms with Crippen LogP contribution in [0.3, 0.4) is 0 Å². The molecule has 0 aromatic carbocycles. The Morgan fingerprint density at radius 3 is 2.47 bits per heavy atom. The monoisotopic (exact) mass is 450 g/mol. The van der Waals surface area contributed by atoms with Gasteiger partial charge >= 0.3 is 0 Å². The summed E-state index contributed by atoms with van der Waals surface area (Å²) in [4.78, 5) is 48.6. The van der Waals surface area contributed by atoms with Crippen LogP contribution in [0.5, 0.6) is 0 Å². The van der Waals surface area contributed by atoms with E-state index in [0.29, 0.717) is 38.7 Å². The molecule has 178 valence electrons. The van der Waals surface area contributed by atoms with Crippen LogP contribution in [0.15, 0.2) is 24.5 Å². The number of carbonyl (C=O) groups excluding carboxylic acids is 3. The number of nitrogens with zero attached hydrogens (tertiary/aromatic N) is 1. The number of pyridine rings is 1. The molecule has 1 saturated carbocycles. The number of carboxylic acid groups (broad SMARTS) is 1. The molecule has 32 heavy (non-hydrogen) atoms. The van der Waals surface area contributed by atoms with Crippen LogP contribution in [0, 0.1) is 5.92 Å². The lowest BCUT2D eigenvalue weighted by atomic mass is 9.83. The van der Waals surface area contributed by atoms with Gasteiger partial charge in [0, 0.05) is 38.3 Å². The molecule has 1 aromatic heterocycles. The number of rotatable bonds is 10. The van der Waals surface area contributed by atoms with E-state index in [2.05, 4.69) is 15.6 Å². The van der Waals surface area contributed by atoms with Crippen molar-refractivity contribution in [2.45, 2.75) is 64.5 Å². The molecule has 1 fully saturated rings. The van der Waals surface area contributed by atoms with E-state index in [1.165, 1.54) is 0 Å². The Kier molecular flexibility index (Phi) is 12.6. The van der Waals surface area contributed by atoms with E-state index in [9.17, 15) is 14.4 Å². The number of aromatic nitrogens is 1. The van der Waals surface area contributed by atoms with Crippen LogP contribution in [-0.2, 0) is 30.3 Å². The average molecular weight is 451 g/mol. The summed E-state index contributed by atoms with van der Waals surface area (Å²) in [5.74, 6) is -1.95. The average Bonchev–Trinajstić information content (AvgIpc) is 2.75. The molecule has 0 bridgehead atoms. The highest BCUT2D eigenvalue weighted by molar-refractivity contribution is 5.85. The summed E-state index contributed by atoms with van der Waals surface area (Å²) in [5, 5.41) is 13.0. The molecule has 0 saturated heterocycles. The van der Waals surface area contributed by atoms with Crippen molar-refractivity contribution in [3.05, 3.63) is 30.1 Å². The third-order valence-electron chi connectivity index (χ3n) is 4.87. The maximum Gasteiger partial charge on any atom is 0.300 e. The van der Waals surface area contributed by atoms with E-state index in [1.807, 2.05) is 19.1 Å². The standard InChI is InChI=1S/C20H30N4O4.C2H4O2/c1-2-11-28-17-5-4-15(20(27)23-13-18(21)25)12-16(17)24-19(26)6-3-14-7-9-22-10-8-14;1-2(3)4/h7-10,15-17H,2-6,11-13H2,1H3,(H2,21,25)(H,23,27)(H,24,26);1H3,(H,3,4)/t15-,16+,17+;/m0./s1. The van der Waals surface area contributed by atoms with Crippen LogP contribution in [0.2, 0.25) is 0 Å². The molecule has 1 aliphatic carbocycles. The zero-order valence-electron chi connectivity index (χ0n) is 18.7. The number of aliphatic carboxylic acids is 1. The summed E-state index contributed by atoms with van der Waals surface area (Å²) < 4.78 is 5.91. The Morgan fingerprint density at radius 1 is 1.22 bits per heavy atom. The summed E-state index contributed by atoms with van der Waals surface area (Å²) >= 11 is 0. The number of ether oxygens (including phenoxy) is 1. The lowest BCUT2D eigenvalue weighted by Crippen LogP contribution is -2.51. The number of nitrogens with one attached hydrogen (secondary N) is 2. The first-order valence-corrected chi connectivity index (χ1v) is 10.8. The van der Waals surface area contributed by atoms with E-state index in [0.717, 1.165) is 18.9 Å². The van der Waals surface area contributed by atoms with E-state index in [1.54, 1.807) is 12.4 Å². The SMILES string of the molecule is CC(=O)O.CCCO[C@@H]1CC[C@H](C(=O)NCC(N)=O)C[C@H]1NC(=O)CCc1ccncc1. The van der Waals surface area contributed by atoms with Crippen molar-refractivity contribution in [1.82, 2.24) is 15.6 Å². The van der Waals surface area contributed by atoms with Gasteiger partial charge in [-0.15, -0.1) is 0 Å². The molecule has 2 rings (SSSR count). The second-order valence-corrected chi connectivity index (χ2v) is 7.65. The van der Waals surface area contributed by atoms with Crippen LogP contribution in [0.1, 0.15) is 51.5 Å². The summed E-state index contributed by atoms with van der Waals surface area (Å²) in [7, 11) is 0. The third kappa shape index (κ3) is 11.4. The van der Waals surface area contributed by atoms with Crippen molar-refractivity contribution in [2.75, 3.05) is 13.2 Å². The van der Waals surface area contributed by atoms with Crippen LogP contribution in [0.25, 0.3) is 0 Å². The second-order valence-electron chi connectivity index (χ2n) is 7.65. The molecule has 0 aliphatic heterocycles. The maximum atomic E-state index is 12.5. The van der Waals surface area contributed by atoms with Gasteiger partial charge in [0.05, 0.1) is 18.7 Å². The predicted molar refractivity (Wildman–Crippen MR) is 117 cm³/mol. The fourth-order valence-corrected chi connectivity index (χ4v) is 3.41. The number of carbonyl (C=O) groups is 4. The van der Waals surface area contributed by atoms with Crippen molar-refractivity contribution < 1.29 is 29.0 Å². The topological polar surface area (TPSA) is 161 Å². The van der Waals surface area contributed by atoms with Gasteiger partial charge in [-0.3, -0.25) is 24.2 Å². The first-order valence-electron chi connectivity index (χ1n) is 10.8. The second kappa shape index (κ2) is 14.9. The molecule has 0 spiro atoms. The van der Waals surface area contributed by atoms with E-state index < -0.39 is 11.9 Å². The lowest BCUT2D eigenvalue weighted by molar-refractivity contribution is -0.134. The summed E-state index contributed by atoms with van der Waals surface area (Å²) in [6.07, 6.45) is 7.01. The molecule has 10 heteroatoms. The molecular formula is C22H34N4O6. The largest absolute Gasteiger partial charge is 0.481 e. The number of hydrogen-bond acceptors (Lipinski definition) is 6. The normalized spacial score (nSPS) is 19.8. The zero-order chi connectivity index (χ0) is 23.9. The Morgan fingerprint density at radius 2 is 1.88 bits per heavy atom. The fourth-order valence-electron chi connectivity index (χ4n) is 3.41. The molecule has 0 unspecified atom stereocenters. The molecular weight excluding hydrogens is 416 g/mol. The van der Waals surface area contributed by atoms with Crippen molar-refractivity contribution >= 4 is 23.7 Å². The first-order chi connectivity index (χ1) is 15.2. The molecule has 10 nitrogen and oxygen atoms in total. The Hall–Kier alpha value is -3.01. The molecule has 1 heterocycles. The van der Waals surface area contributed by atoms with Crippen LogP contribution >= 0.6 is 0 Å². The van der Waals surface area contributed by atoms with Crippen molar-refractivity contribution in [3.63, 3.8) is 0 Å². The van der Waals surface area contributed by atoms with Crippen LogP contribution in [0.4, 0.5) is 0 Å². The number of carboxylic acids is 1. The van der Waals surface area contributed by atoms with Gasteiger partial charge in [-0.05, 0) is 49.8 Å². The summed E-state index contributed by atoms with van der Waals surface area (Å²) in [6, 6.07) is 3.55. The molecule has 3 amide bonds.